The second kappa shape index (κ2) is 9.42. The molecule has 0 unspecified atom stereocenters. The van der Waals surface area contributed by atoms with Crippen molar-refractivity contribution >= 4 is 11.8 Å². The molecule has 4 rings (SSSR count). The fourth-order valence-corrected chi connectivity index (χ4v) is 3.56. The first-order chi connectivity index (χ1) is 15.1. The highest BCUT2D eigenvalue weighted by Crippen LogP contribution is 2.20. The molecule has 8 nitrogen and oxygen atoms in total. The molecule has 1 aliphatic heterocycles. The number of nitrogens with one attached hydrogen (secondary N) is 1. The van der Waals surface area contributed by atoms with Crippen LogP contribution in [0.25, 0.3) is 11.3 Å². The van der Waals surface area contributed by atoms with Gasteiger partial charge in [0.05, 0.1) is 6.61 Å². The molecule has 160 valence electrons. The van der Waals surface area contributed by atoms with Crippen molar-refractivity contribution in [3.8, 4) is 17.1 Å². The molecule has 0 spiro atoms. The Hall–Kier alpha value is -3.68. The van der Waals surface area contributed by atoms with E-state index in [9.17, 15) is 9.59 Å². The Balaban J connectivity index is 1.29. The maximum atomic E-state index is 12.7. The number of likely N-dealkylation sites (tertiary alicyclic amines) is 1. The van der Waals surface area contributed by atoms with Crippen molar-refractivity contribution in [3.05, 3.63) is 66.1 Å². The van der Waals surface area contributed by atoms with Crippen molar-refractivity contribution in [2.45, 2.75) is 25.8 Å². The number of benzene rings is 1. The van der Waals surface area contributed by atoms with Gasteiger partial charge in [-0.15, -0.1) is 0 Å². The number of piperidine rings is 1. The Morgan fingerprint density at radius 3 is 2.65 bits per heavy atom. The van der Waals surface area contributed by atoms with E-state index in [0.29, 0.717) is 43.9 Å². The third kappa shape index (κ3) is 4.91. The van der Waals surface area contributed by atoms with Crippen molar-refractivity contribution in [2.24, 2.45) is 0 Å². The summed E-state index contributed by atoms with van der Waals surface area (Å²) >= 11 is 0. The standard InChI is InChI=1S/C23H24N4O4/c1-2-30-19-7-5-16(6-8-19)23(29)27-12-9-18(10-13-27)25-22(28)20-14-21(31-26-20)17-4-3-11-24-15-17/h3-8,11,14-15,18H,2,9-10,12-13H2,1H3,(H,25,28). The molecule has 0 radical (unpaired) electrons. The maximum Gasteiger partial charge on any atom is 0.273 e. The van der Waals surface area contributed by atoms with Crippen LogP contribution in [0.2, 0.25) is 0 Å². The van der Waals surface area contributed by atoms with Gasteiger partial charge in [0.25, 0.3) is 11.8 Å². The molecule has 8 heteroatoms. The Bertz CT molecular complexity index is 1030. The van der Waals surface area contributed by atoms with Crippen LogP contribution in [0.15, 0.2) is 59.4 Å². The Labute approximate surface area is 180 Å². The lowest BCUT2D eigenvalue weighted by atomic mass is 10.0. The third-order valence-electron chi connectivity index (χ3n) is 5.22. The highest BCUT2D eigenvalue weighted by atomic mass is 16.5. The van der Waals surface area contributed by atoms with Gasteiger partial charge in [0.15, 0.2) is 11.5 Å². The van der Waals surface area contributed by atoms with Crippen molar-refractivity contribution in [1.82, 2.24) is 20.4 Å². The Kier molecular flexibility index (Phi) is 6.26. The van der Waals surface area contributed by atoms with E-state index in [-0.39, 0.29) is 23.6 Å². The van der Waals surface area contributed by atoms with E-state index in [4.69, 9.17) is 9.26 Å². The quantitative estimate of drug-likeness (QED) is 0.658. The Morgan fingerprint density at radius 2 is 1.97 bits per heavy atom. The summed E-state index contributed by atoms with van der Waals surface area (Å²) in [5.41, 5.74) is 1.62. The van der Waals surface area contributed by atoms with Crippen LogP contribution in [-0.2, 0) is 0 Å². The topological polar surface area (TPSA) is 97.6 Å². The minimum Gasteiger partial charge on any atom is -0.494 e. The zero-order valence-electron chi connectivity index (χ0n) is 17.3. The fraction of sp³-hybridized carbons (Fsp3) is 0.304. The molecule has 2 amide bonds. The number of hydrogen-bond donors (Lipinski definition) is 1. The molecule has 2 aromatic heterocycles. The molecule has 1 saturated heterocycles. The predicted octanol–water partition coefficient (Wildman–Crippen LogP) is 3.17. The molecule has 0 bridgehead atoms. The van der Waals surface area contributed by atoms with Crippen LogP contribution in [0.5, 0.6) is 5.75 Å². The smallest absolute Gasteiger partial charge is 0.273 e. The molecule has 3 heterocycles. The first-order valence-corrected chi connectivity index (χ1v) is 10.3. The number of aromatic nitrogens is 2. The third-order valence-corrected chi connectivity index (χ3v) is 5.22. The summed E-state index contributed by atoms with van der Waals surface area (Å²) in [6, 6.07) is 12.4. The number of ether oxygens (including phenoxy) is 1. The molecule has 3 aromatic rings. The van der Waals surface area contributed by atoms with E-state index in [1.165, 1.54) is 0 Å². The van der Waals surface area contributed by atoms with Crippen molar-refractivity contribution < 1.29 is 18.8 Å². The van der Waals surface area contributed by atoms with E-state index in [2.05, 4.69) is 15.5 Å². The summed E-state index contributed by atoms with van der Waals surface area (Å²) in [5, 5.41) is 6.86. The summed E-state index contributed by atoms with van der Waals surface area (Å²) in [5.74, 6) is 0.953. The minimum absolute atomic E-state index is 0.00885. The normalized spacial score (nSPS) is 14.3. The number of pyridine rings is 1. The average molecular weight is 420 g/mol. The monoisotopic (exact) mass is 420 g/mol. The molecule has 0 aliphatic carbocycles. The van der Waals surface area contributed by atoms with E-state index in [0.717, 1.165) is 11.3 Å². The van der Waals surface area contributed by atoms with E-state index >= 15 is 0 Å². The molecule has 1 aliphatic rings. The predicted molar refractivity (Wildman–Crippen MR) is 114 cm³/mol. The summed E-state index contributed by atoms with van der Waals surface area (Å²) in [6.07, 6.45) is 4.68. The van der Waals surface area contributed by atoms with Crippen LogP contribution in [0, 0.1) is 0 Å². The van der Waals surface area contributed by atoms with E-state index < -0.39 is 0 Å². The lowest BCUT2D eigenvalue weighted by molar-refractivity contribution is 0.0697. The van der Waals surface area contributed by atoms with Gasteiger partial charge in [-0.1, -0.05) is 5.16 Å². The van der Waals surface area contributed by atoms with Crippen molar-refractivity contribution in [3.63, 3.8) is 0 Å². The van der Waals surface area contributed by atoms with E-state index in [1.54, 1.807) is 48.8 Å². The number of hydrogen-bond acceptors (Lipinski definition) is 6. The summed E-state index contributed by atoms with van der Waals surface area (Å²) in [6.45, 7) is 3.67. The Morgan fingerprint density at radius 1 is 1.19 bits per heavy atom. The average Bonchev–Trinajstić information content (AvgIpc) is 3.31. The molecule has 1 fully saturated rings. The maximum absolute atomic E-state index is 12.7. The van der Waals surface area contributed by atoms with Crippen LogP contribution >= 0.6 is 0 Å². The molecule has 0 atom stereocenters. The molecule has 31 heavy (non-hydrogen) atoms. The van der Waals surface area contributed by atoms with Gasteiger partial charge in [0, 0.05) is 48.7 Å². The van der Waals surface area contributed by atoms with Gasteiger partial charge < -0.3 is 19.5 Å². The zero-order chi connectivity index (χ0) is 21.6. The van der Waals surface area contributed by atoms with Gasteiger partial charge in [0.2, 0.25) is 0 Å². The van der Waals surface area contributed by atoms with Crippen LogP contribution in [0.4, 0.5) is 0 Å². The zero-order valence-corrected chi connectivity index (χ0v) is 17.3. The van der Waals surface area contributed by atoms with Gasteiger partial charge in [-0.2, -0.15) is 0 Å². The first kappa shape index (κ1) is 20.6. The van der Waals surface area contributed by atoms with Crippen molar-refractivity contribution in [1.29, 1.82) is 0 Å². The van der Waals surface area contributed by atoms with Crippen LogP contribution < -0.4 is 10.1 Å². The van der Waals surface area contributed by atoms with Gasteiger partial charge >= 0.3 is 0 Å². The SMILES string of the molecule is CCOc1ccc(C(=O)N2CCC(NC(=O)c3cc(-c4cccnc4)on3)CC2)cc1. The number of rotatable bonds is 6. The molecule has 1 N–H and O–H groups in total. The van der Waals surface area contributed by atoms with Crippen LogP contribution in [0.3, 0.4) is 0 Å². The first-order valence-electron chi connectivity index (χ1n) is 10.3. The van der Waals surface area contributed by atoms with Gasteiger partial charge in [-0.25, -0.2) is 0 Å². The number of amides is 2. The molecular weight excluding hydrogens is 396 g/mol. The fourth-order valence-electron chi connectivity index (χ4n) is 3.56. The molecular formula is C23H24N4O4. The van der Waals surface area contributed by atoms with E-state index in [1.807, 2.05) is 17.9 Å². The summed E-state index contributed by atoms with van der Waals surface area (Å²) in [7, 11) is 0. The van der Waals surface area contributed by atoms with Crippen LogP contribution in [-0.4, -0.2) is 52.6 Å². The second-order valence-electron chi connectivity index (χ2n) is 7.32. The van der Waals surface area contributed by atoms with Gasteiger partial charge in [0.1, 0.15) is 5.75 Å². The second-order valence-corrected chi connectivity index (χ2v) is 7.32. The van der Waals surface area contributed by atoms with Gasteiger partial charge in [-0.05, 0) is 56.2 Å². The minimum atomic E-state index is -0.282. The lowest BCUT2D eigenvalue weighted by Gasteiger charge is -2.32. The van der Waals surface area contributed by atoms with Gasteiger partial charge in [-0.3, -0.25) is 14.6 Å². The van der Waals surface area contributed by atoms with Crippen molar-refractivity contribution in [2.75, 3.05) is 19.7 Å². The number of nitrogens with zero attached hydrogens (tertiary/aromatic N) is 3. The summed E-state index contributed by atoms with van der Waals surface area (Å²) < 4.78 is 10.7. The molecule has 1 aromatic carbocycles. The molecule has 0 saturated carbocycles. The largest absolute Gasteiger partial charge is 0.494 e. The highest BCUT2D eigenvalue weighted by Gasteiger charge is 2.26. The lowest BCUT2D eigenvalue weighted by Crippen LogP contribution is -2.46. The highest BCUT2D eigenvalue weighted by molar-refractivity contribution is 5.95. The summed E-state index contributed by atoms with van der Waals surface area (Å²) in [4.78, 5) is 31.1. The number of carbonyl (C=O) groups is 2. The van der Waals surface area contributed by atoms with Crippen LogP contribution in [0.1, 0.15) is 40.6 Å². The number of carbonyl (C=O) groups excluding carboxylic acids is 2.